The highest BCUT2D eigenvalue weighted by atomic mass is 16.5. The molecule has 0 fully saturated rings. The number of carbonyl (C=O) groups is 2. The van der Waals surface area contributed by atoms with E-state index >= 15 is 0 Å². The Morgan fingerprint density at radius 2 is 2.05 bits per heavy atom. The molecule has 0 unspecified atom stereocenters. The van der Waals surface area contributed by atoms with E-state index in [2.05, 4.69) is 5.32 Å². The Labute approximate surface area is 112 Å². The summed E-state index contributed by atoms with van der Waals surface area (Å²) in [7, 11) is 0. The van der Waals surface area contributed by atoms with Crippen LogP contribution < -0.4 is 10.1 Å². The number of hydrogen-bond donors (Lipinski definition) is 2. The molecule has 0 aliphatic rings. The number of rotatable bonds is 7. The molecule has 0 bridgehead atoms. The molecule has 1 aromatic carbocycles. The number of amides is 1. The SMILES string of the molecule is Cc1ccc(OCC(=O)NCCCC(=O)O)c(C)c1. The van der Waals surface area contributed by atoms with Crippen molar-refractivity contribution in [2.45, 2.75) is 26.7 Å². The summed E-state index contributed by atoms with van der Waals surface area (Å²) < 4.78 is 5.40. The Morgan fingerprint density at radius 1 is 1.32 bits per heavy atom. The van der Waals surface area contributed by atoms with Crippen LogP contribution in [0.5, 0.6) is 5.75 Å². The summed E-state index contributed by atoms with van der Waals surface area (Å²) in [5.74, 6) is -0.419. The van der Waals surface area contributed by atoms with Gasteiger partial charge in [0.2, 0.25) is 0 Å². The van der Waals surface area contributed by atoms with Crippen LogP contribution in [-0.4, -0.2) is 30.1 Å². The fourth-order valence-electron chi connectivity index (χ4n) is 1.62. The van der Waals surface area contributed by atoms with Crippen LogP contribution in [0.2, 0.25) is 0 Å². The van der Waals surface area contributed by atoms with E-state index in [0.29, 0.717) is 18.7 Å². The van der Waals surface area contributed by atoms with Crippen molar-refractivity contribution >= 4 is 11.9 Å². The zero-order valence-corrected chi connectivity index (χ0v) is 11.2. The summed E-state index contributed by atoms with van der Waals surface area (Å²) in [6, 6.07) is 5.75. The van der Waals surface area contributed by atoms with Gasteiger partial charge in [0, 0.05) is 13.0 Å². The fraction of sp³-hybridized carbons (Fsp3) is 0.429. The number of nitrogens with one attached hydrogen (secondary N) is 1. The first kappa shape index (κ1) is 15.0. The number of aliphatic carboxylic acids is 1. The van der Waals surface area contributed by atoms with Crippen molar-refractivity contribution in [1.82, 2.24) is 5.32 Å². The first-order valence-electron chi connectivity index (χ1n) is 6.17. The Kier molecular flexibility index (Phi) is 5.85. The lowest BCUT2D eigenvalue weighted by Crippen LogP contribution is -2.30. The van der Waals surface area contributed by atoms with Crippen molar-refractivity contribution in [2.24, 2.45) is 0 Å². The molecule has 104 valence electrons. The van der Waals surface area contributed by atoms with Gasteiger partial charge < -0.3 is 15.2 Å². The number of benzene rings is 1. The monoisotopic (exact) mass is 265 g/mol. The van der Waals surface area contributed by atoms with E-state index in [9.17, 15) is 9.59 Å². The molecule has 1 rings (SSSR count). The zero-order valence-electron chi connectivity index (χ0n) is 11.2. The predicted octanol–water partition coefficient (Wildman–Crippen LogP) is 1.66. The molecule has 1 amide bonds. The zero-order chi connectivity index (χ0) is 14.3. The minimum Gasteiger partial charge on any atom is -0.484 e. The molecule has 5 heteroatoms. The molecule has 0 saturated carbocycles. The van der Waals surface area contributed by atoms with Crippen LogP contribution in [-0.2, 0) is 9.59 Å². The molecular weight excluding hydrogens is 246 g/mol. The van der Waals surface area contributed by atoms with Crippen molar-refractivity contribution in [1.29, 1.82) is 0 Å². The Balaban J connectivity index is 2.28. The lowest BCUT2D eigenvalue weighted by molar-refractivity contribution is -0.137. The second kappa shape index (κ2) is 7.41. The number of hydrogen-bond acceptors (Lipinski definition) is 3. The highest BCUT2D eigenvalue weighted by molar-refractivity contribution is 5.77. The van der Waals surface area contributed by atoms with Gasteiger partial charge in [0.05, 0.1) is 0 Å². The van der Waals surface area contributed by atoms with E-state index in [1.54, 1.807) is 0 Å². The minimum absolute atomic E-state index is 0.0538. The Morgan fingerprint density at radius 3 is 2.68 bits per heavy atom. The first-order chi connectivity index (χ1) is 8.99. The third kappa shape index (κ3) is 5.90. The standard InChI is InChI=1S/C14H19NO4/c1-10-5-6-12(11(2)8-10)19-9-13(16)15-7-3-4-14(17)18/h5-6,8H,3-4,7,9H2,1-2H3,(H,15,16)(H,17,18). The summed E-state index contributed by atoms with van der Waals surface area (Å²) in [4.78, 5) is 21.7. The van der Waals surface area contributed by atoms with Crippen molar-refractivity contribution in [3.8, 4) is 5.75 Å². The maximum atomic E-state index is 11.5. The van der Waals surface area contributed by atoms with Gasteiger partial charge in [-0.15, -0.1) is 0 Å². The maximum Gasteiger partial charge on any atom is 0.303 e. The summed E-state index contributed by atoms with van der Waals surface area (Å²) >= 11 is 0. The first-order valence-corrected chi connectivity index (χ1v) is 6.17. The van der Waals surface area contributed by atoms with Crippen LogP contribution in [0.25, 0.3) is 0 Å². The van der Waals surface area contributed by atoms with Gasteiger partial charge in [-0.05, 0) is 31.9 Å². The van der Waals surface area contributed by atoms with Crippen LogP contribution in [0.15, 0.2) is 18.2 Å². The van der Waals surface area contributed by atoms with E-state index in [4.69, 9.17) is 9.84 Å². The molecule has 19 heavy (non-hydrogen) atoms. The number of aryl methyl sites for hydroxylation is 2. The quantitative estimate of drug-likeness (QED) is 0.735. The second-order valence-corrected chi connectivity index (χ2v) is 4.40. The molecule has 0 spiro atoms. The van der Waals surface area contributed by atoms with Crippen molar-refractivity contribution in [3.63, 3.8) is 0 Å². The van der Waals surface area contributed by atoms with Crippen LogP contribution in [0.3, 0.4) is 0 Å². The summed E-state index contributed by atoms with van der Waals surface area (Å²) in [5, 5.41) is 11.1. The van der Waals surface area contributed by atoms with Crippen LogP contribution in [0.4, 0.5) is 0 Å². The number of carboxylic acid groups (broad SMARTS) is 1. The largest absolute Gasteiger partial charge is 0.484 e. The van der Waals surface area contributed by atoms with Crippen molar-refractivity contribution in [2.75, 3.05) is 13.2 Å². The third-order valence-electron chi connectivity index (χ3n) is 2.58. The van der Waals surface area contributed by atoms with Gasteiger partial charge in [0.15, 0.2) is 6.61 Å². The van der Waals surface area contributed by atoms with E-state index < -0.39 is 5.97 Å². The Hall–Kier alpha value is -2.04. The number of carboxylic acids is 1. The van der Waals surface area contributed by atoms with Crippen LogP contribution in [0.1, 0.15) is 24.0 Å². The molecule has 0 heterocycles. The number of carbonyl (C=O) groups excluding carboxylic acids is 1. The minimum atomic E-state index is -0.860. The van der Waals surface area contributed by atoms with Crippen molar-refractivity contribution < 1.29 is 19.4 Å². The van der Waals surface area contributed by atoms with Gasteiger partial charge in [-0.3, -0.25) is 9.59 Å². The maximum absolute atomic E-state index is 11.5. The lowest BCUT2D eigenvalue weighted by Gasteiger charge is -2.09. The van der Waals surface area contributed by atoms with E-state index in [-0.39, 0.29) is 18.9 Å². The topological polar surface area (TPSA) is 75.6 Å². The summed E-state index contributed by atoms with van der Waals surface area (Å²) in [5.41, 5.74) is 2.13. The molecular formula is C14H19NO4. The van der Waals surface area contributed by atoms with Crippen LogP contribution in [0, 0.1) is 13.8 Å². The van der Waals surface area contributed by atoms with Gasteiger partial charge >= 0.3 is 5.97 Å². The van der Waals surface area contributed by atoms with Gasteiger partial charge in [0.1, 0.15) is 5.75 Å². The van der Waals surface area contributed by atoms with Gasteiger partial charge in [-0.2, -0.15) is 0 Å². The molecule has 0 atom stereocenters. The normalized spacial score (nSPS) is 10.0. The molecule has 0 radical (unpaired) electrons. The van der Waals surface area contributed by atoms with E-state index in [1.807, 2.05) is 32.0 Å². The lowest BCUT2D eigenvalue weighted by atomic mass is 10.1. The predicted molar refractivity (Wildman–Crippen MR) is 71.3 cm³/mol. The molecule has 5 nitrogen and oxygen atoms in total. The molecule has 1 aromatic rings. The second-order valence-electron chi connectivity index (χ2n) is 4.40. The summed E-state index contributed by atoms with van der Waals surface area (Å²) in [6.45, 7) is 4.21. The highest BCUT2D eigenvalue weighted by Crippen LogP contribution is 2.18. The molecule has 0 aliphatic carbocycles. The number of ether oxygens (including phenoxy) is 1. The molecule has 0 saturated heterocycles. The molecule has 0 aromatic heterocycles. The smallest absolute Gasteiger partial charge is 0.303 e. The fourth-order valence-corrected chi connectivity index (χ4v) is 1.62. The van der Waals surface area contributed by atoms with Gasteiger partial charge in [0.25, 0.3) is 5.91 Å². The van der Waals surface area contributed by atoms with E-state index in [1.165, 1.54) is 0 Å². The molecule has 2 N–H and O–H groups in total. The van der Waals surface area contributed by atoms with Crippen molar-refractivity contribution in [3.05, 3.63) is 29.3 Å². The average molecular weight is 265 g/mol. The van der Waals surface area contributed by atoms with Gasteiger partial charge in [-0.1, -0.05) is 17.7 Å². The third-order valence-corrected chi connectivity index (χ3v) is 2.58. The molecule has 0 aliphatic heterocycles. The van der Waals surface area contributed by atoms with Gasteiger partial charge in [-0.25, -0.2) is 0 Å². The van der Waals surface area contributed by atoms with E-state index in [0.717, 1.165) is 11.1 Å². The average Bonchev–Trinajstić information content (AvgIpc) is 2.33. The van der Waals surface area contributed by atoms with Crippen LogP contribution >= 0.6 is 0 Å². The highest BCUT2D eigenvalue weighted by Gasteiger charge is 2.05. The Bertz CT molecular complexity index is 457. The summed E-state index contributed by atoms with van der Waals surface area (Å²) in [6.07, 6.45) is 0.475.